The van der Waals surface area contributed by atoms with Crippen LogP contribution < -0.4 is 10.5 Å². The van der Waals surface area contributed by atoms with Crippen LogP contribution in [0.4, 0.5) is 0 Å². The first-order chi connectivity index (χ1) is 7.22. The van der Waals surface area contributed by atoms with E-state index in [1.165, 1.54) is 0 Å². The van der Waals surface area contributed by atoms with Gasteiger partial charge in [0.2, 0.25) is 0 Å². The molecule has 15 heavy (non-hydrogen) atoms. The first-order valence-electron chi connectivity index (χ1n) is 4.97. The van der Waals surface area contributed by atoms with E-state index < -0.39 is 0 Å². The van der Waals surface area contributed by atoms with Gasteiger partial charge in [-0.1, -0.05) is 6.07 Å². The maximum atomic E-state index is 5.77. The molecule has 0 saturated carbocycles. The van der Waals surface area contributed by atoms with E-state index in [9.17, 15) is 0 Å². The summed E-state index contributed by atoms with van der Waals surface area (Å²) in [5.74, 6) is 1.73. The lowest BCUT2D eigenvalue weighted by Gasteiger charge is -2.08. The van der Waals surface area contributed by atoms with Crippen molar-refractivity contribution in [2.45, 2.75) is 19.4 Å². The Hall–Kier alpha value is -1.55. The zero-order valence-electron chi connectivity index (χ0n) is 8.97. The highest BCUT2D eigenvalue weighted by Crippen LogP contribution is 2.17. The summed E-state index contributed by atoms with van der Waals surface area (Å²) in [5.41, 5.74) is 6.80. The van der Waals surface area contributed by atoms with E-state index >= 15 is 0 Å². The van der Waals surface area contributed by atoms with E-state index in [4.69, 9.17) is 10.5 Å². The van der Waals surface area contributed by atoms with Crippen molar-refractivity contribution in [2.75, 3.05) is 7.11 Å². The molecule has 0 aliphatic heterocycles. The summed E-state index contributed by atoms with van der Waals surface area (Å²) < 4.78 is 7.28. The molecule has 80 valence electrons. The third kappa shape index (κ3) is 1.80. The third-order valence-corrected chi connectivity index (χ3v) is 2.30. The molecule has 1 atom stereocenters. The molecule has 0 radical (unpaired) electrons. The summed E-state index contributed by atoms with van der Waals surface area (Å²) in [6, 6.07) is 5.96. The topological polar surface area (TPSA) is 52.5 Å². The summed E-state index contributed by atoms with van der Waals surface area (Å²) >= 11 is 0. The fourth-order valence-corrected chi connectivity index (χ4v) is 1.67. The molecule has 0 saturated heterocycles. The van der Waals surface area contributed by atoms with Crippen molar-refractivity contribution >= 4 is 5.52 Å². The molecular weight excluding hydrogens is 190 g/mol. The number of pyridine rings is 1. The van der Waals surface area contributed by atoms with Crippen LogP contribution in [0.5, 0.6) is 5.88 Å². The molecule has 0 amide bonds. The Kier molecular flexibility index (Phi) is 2.60. The predicted molar refractivity (Wildman–Crippen MR) is 59.1 cm³/mol. The molecule has 4 heteroatoms. The lowest BCUT2D eigenvalue weighted by atomic mass is 10.2. The van der Waals surface area contributed by atoms with Crippen LogP contribution in [0.25, 0.3) is 5.52 Å². The number of rotatable bonds is 3. The van der Waals surface area contributed by atoms with Gasteiger partial charge in [0.05, 0.1) is 18.8 Å². The fraction of sp³-hybridized carbons (Fsp3) is 0.364. The minimum atomic E-state index is 0.0977. The SMILES string of the molecule is COc1cccc2cnc(CC(C)N)n12. The summed E-state index contributed by atoms with van der Waals surface area (Å²) in [4.78, 5) is 4.35. The van der Waals surface area contributed by atoms with Crippen LogP contribution in [0.2, 0.25) is 0 Å². The van der Waals surface area contributed by atoms with Crippen molar-refractivity contribution in [1.29, 1.82) is 0 Å². The van der Waals surface area contributed by atoms with Gasteiger partial charge in [-0.3, -0.25) is 4.40 Å². The molecule has 2 aromatic heterocycles. The van der Waals surface area contributed by atoms with E-state index in [1.54, 1.807) is 7.11 Å². The number of hydrogen-bond acceptors (Lipinski definition) is 3. The second-order valence-corrected chi connectivity index (χ2v) is 3.68. The second-order valence-electron chi connectivity index (χ2n) is 3.68. The first kappa shape index (κ1) is 9.98. The van der Waals surface area contributed by atoms with Crippen LogP contribution in [0.3, 0.4) is 0 Å². The van der Waals surface area contributed by atoms with Gasteiger partial charge in [-0.15, -0.1) is 0 Å². The second kappa shape index (κ2) is 3.90. The monoisotopic (exact) mass is 205 g/mol. The molecule has 4 nitrogen and oxygen atoms in total. The molecule has 2 N–H and O–H groups in total. The van der Waals surface area contributed by atoms with Crippen LogP contribution in [-0.2, 0) is 6.42 Å². The molecule has 2 heterocycles. The van der Waals surface area contributed by atoms with Crippen LogP contribution in [0.1, 0.15) is 12.7 Å². The Bertz CT molecular complexity index is 462. The van der Waals surface area contributed by atoms with Crippen LogP contribution >= 0.6 is 0 Å². The molecule has 0 fully saturated rings. The van der Waals surface area contributed by atoms with Gasteiger partial charge in [-0.25, -0.2) is 4.98 Å². The van der Waals surface area contributed by atoms with E-state index in [0.717, 1.165) is 23.6 Å². The van der Waals surface area contributed by atoms with E-state index in [2.05, 4.69) is 4.98 Å². The van der Waals surface area contributed by atoms with Crippen molar-refractivity contribution < 1.29 is 4.74 Å². The van der Waals surface area contributed by atoms with Gasteiger partial charge in [-0.05, 0) is 19.1 Å². The van der Waals surface area contributed by atoms with Gasteiger partial charge in [0.1, 0.15) is 5.82 Å². The Labute approximate surface area is 88.7 Å². The largest absolute Gasteiger partial charge is 0.482 e. The lowest BCUT2D eigenvalue weighted by molar-refractivity contribution is 0.389. The predicted octanol–water partition coefficient (Wildman–Crippen LogP) is 1.23. The highest BCUT2D eigenvalue weighted by atomic mass is 16.5. The molecule has 0 bridgehead atoms. The van der Waals surface area contributed by atoms with Gasteiger partial charge in [0.15, 0.2) is 5.88 Å². The van der Waals surface area contributed by atoms with Gasteiger partial charge in [0.25, 0.3) is 0 Å². The molecule has 0 aliphatic carbocycles. The summed E-state index contributed by atoms with van der Waals surface area (Å²) in [6.45, 7) is 1.97. The van der Waals surface area contributed by atoms with Crippen molar-refractivity contribution in [3.8, 4) is 5.88 Å². The van der Waals surface area contributed by atoms with Gasteiger partial charge < -0.3 is 10.5 Å². The van der Waals surface area contributed by atoms with Crippen molar-refractivity contribution in [3.63, 3.8) is 0 Å². The number of imidazole rings is 1. The minimum absolute atomic E-state index is 0.0977. The Morgan fingerprint density at radius 3 is 3.00 bits per heavy atom. The quantitative estimate of drug-likeness (QED) is 0.820. The molecule has 2 aromatic rings. The number of nitrogens with two attached hydrogens (primary N) is 1. The Morgan fingerprint density at radius 2 is 2.33 bits per heavy atom. The van der Waals surface area contributed by atoms with Crippen molar-refractivity contribution in [1.82, 2.24) is 9.38 Å². The smallest absolute Gasteiger partial charge is 0.199 e. The van der Waals surface area contributed by atoms with Crippen LogP contribution in [-0.4, -0.2) is 22.5 Å². The summed E-state index contributed by atoms with van der Waals surface area (Å²) in [7, 11) is 1.66. The maximum absolute atomic E-state index is 5.77. The maximum Gasteiger partial charge on any atom is 0.199 e. The lowest BCUT2D eigenvalue weighted by Crippen LogP contribution is -2.19. The number of hydrogen-bond donors (Lipinski definition) is 1. The highest BCUT2D eigenvalue weighted by Gasteiger charge is 2.09. The molecule has 2 rings (SSSR count). The number of nitrogens with zero attached hydrogens (tertiary/aromatic N) is 2. The molecule has 0 aliphatic rings. The van der Waals surface area contributed by atoms with E-state index in [-0.39, 0.29) is 6.04 Å². The molecule has 1 unspecified atom stereocenters. The highest BCUT2D eigenvalue weighted by molar-refractivity contribution is 5.49. The van der Waals surface area contributed by atoms with Crippen molar-refractivity contribution in [3.05, 3.63) is 30.2 Å². The Balaban J connectivity index is 2.55. The number of aromatic nitrogens is 2. The van der Waals surface area contributed by atoms with E-state index in [0.29, 0.717) is 0 Å². The zero-order chi connectivity index (χ0) is 10.8. The normalized spacial score (nSPS) is 13.0. The third-order valence-electron chi connectivity index (χ3n) is 2.30. The van der Waals surface area contributed by atoms with Gasteiger partial charge >= 0.3 is 0 Å². The average molecular weight is 205 g/mol. The zero-order valence-corrected chi connectivity index (χ0v) is 8.97. The van der Waals surface area contributed by atoms with Crippen LogP contribution in [0, 0.1) is 0 Å². The average Bonchev–Trinajstić information content (AvgIpc) is 2.61. The van der Waals surface area contributed by atoms with E-state index in [1.807, 2.05) is 35.7 Å². The van der Waals surface area contributed by atoms with Gasteiger partial charge in [-0.2, -0.15) is 0 Å². The minimum Gasteiger partial charge on any atom is -0.482 e. The summed E-state index contributed by atoms with van der Waals surface area (Å²) in [5, 5.41) is 0. The standard InChI is InChI=1S/C11H15N3O/c1-8(12)6-10-13-7-9-4-3-5-11(15-2)14(9)10/h3-5,7-8H,6,12H2,1-2H3. The fourth-order valence-electron chi connectivity index (χ4n) is 1.67. The Morgan fingerprint density at radius 1 is 1.53 bits per heavy atom. The number of methoxy groups -OCH3 is 1. The summed E-state index contributed by atoms with van der Waals surface area (Å²) in [6.07, 6.45) is 2.58. The number of fused-ring (bicyclic) bond motifs is 1. The molecule has 0 spiro atoms. The molecule has 0 aromatic carbocycles. The molecular formula is C11H15N3O. The number of ether oxygens (including phenoxy) is 1. The first-order valence-corrected chi connectivity index (χ1v) is 4.97. The van der Waals surface area contributed by atoms with Crippen molar-refractivity contribution in [2.24, 2.45) is 5.73 Å². The van der Waals surface area contributed by atoms with Gasteiger partial charge in [0, 0.05) is 12.5 Å². The van der Waals surface area contributed by atoms with Crippen LogP contribution in [0.15, 0.2) is 24.4 Å².